The van der Waals surface area contributed by atoms with Gasteiger partial charge in [-0.05, 0) is 46.6 Å². The first kappa shape index (κ1) is 17.1. The van der Waals surface area contributed by atoms with E-state index in [0.29, 0.717) is 24.6 Å². The van der Waals surface area contributed by atoms with Crippen molar-refractivity contribution in [3.05, 3.63) is 52.9 Å². The lowest BCUT2D eigenvalue weighted by atomic mass is 10.2. The Hall–Kier alpha value is -2.74. The summed E-state index contributed by atoms with van der Waals surface area (Å²) in [6.07, 6.45) is 3.15. The fourth-order valence-electron chi connectivity index (χ4n) is 2.32. The van der Waals surface area contributed by atoms with Crippen molar-refractivity contribution in [3.8, 4) is 0 Å². The molecule has 3 aromatic rings. The molecule has 0 aliphatic carbocycles. The molecule has 0 aliphatic rings. The first-order valence-corrected chi connectivity index (χ1v) is 8.53. The van der Waals surface area contributed by atoms with E-state index in [0.717, 1.165) is 21.1 Å². The Kier molecular flexibility index (Phi) is 5.39. The van der Waals surface area contributed by atoms with Crippen LogP contribution in [0.2, 0.25) is 0 Å². The Morgan fingerprint density at radius 2 is 2.04 bits per heavy atom. The van der Waals surface area contributed by atoms with Gasteiger partial charge in [0.2, 0.25) is 0 Å². The highest BCUT2D eigenvalue weighted by atomic mass is 79.9. The van der Waals surface area contributed by atoms with E-state index in [1.54, 1.807) is 6.20 Å². The van der Waals surface area contributed by atoms with Gasteiger partial charge in [-0.1, -0.05) is 12.1 Å². The average Bonchev–Trinajstić information content (AvgIpc) is 2.59. The molecule has 3 rings (SSSR count). The molecule has 25 heavy (non-hydrogen) atoms. The number of carbonyl (C=O) groups is 1. The Morgan fingerprint density at radius 3 is 2.88 bits per heavy atom. The quantitative estimate of drug-likeness (QED) is 0.571. The van der Waals surface area contributed by atoms with Gasteiger partial charge < -0.3 is 16.0 Å². The van der Waals surface area contributed by atoms with E-state index in [4.69, 9.17) is 0 Å². The topological polar surface area (TPSA) is 91.8 Å². The van der Waals surface area contributed by atoms with Gasteiger partial charge in [0.25, 0.3) is 0 Å². The monoisotopic (exact) mass is 400 g/mol. The minimum absolute atomic E-state index is 0.246. The van der Waals surface area contributed by atoms with Gasteiger partial charge in [-0.15, -0.1) is 0 Å². The van der Waals surface area contributed by atoms with Gasteiger partial charge in [0, 0.05) is 29.4 Å². The van der Waals surface area contributed by atoms with E-state index in [9.17, 15) is 4.79 Å². The predicted molar refractivity (Wildman–Crippen MR) is 102 cm³/mol. The molecule has 3 N–H and O–H groups in total. The number of halogens is 1. The third-order valence-electron chi connectivity index (χ3n) is 3.43. The van der Waals surface area contributed by atoms with Crippen LogP contribution in [0.4, 0.5) is 16.3 Å². The molecule has 2 heterocycles. The lowest BCUT2D eigenvalue weighted by Crippen LogP contribution is -2.32. The van der Waals surface area contributed by atoms with Crippen LogP contribution in [0.1, 0.15) is 5.56 Å². The molecule has 7 nitrogen and oxygen atoms in total. The number of nitrogens with one attached hydrogen (secondary N) is 3. The number of pyridine rings is 1. The van der Waals surface area contributed by atoms with Crippen molar-refractivity contribution in [2.45, 2.75) is 6.92 Å². The smallest absolute Gasteiger partial charge is 0.319 e. The molecule has 0 saturated heterocycles. The van der Waals surface area contributed by atoms with Gasteiger partial charge in [-0.3, -0.25) is 0 Å². The Bertz CT molecular complexity index is 901. The van der Waals surface area contributed by atoms with Crippen LogP contribution in [0.25, 0.3) is 11.0 Å². The number of carbonyl (C=O) groups excluding carboxylic acids is 1. The first-order valence-electron chi connectivity index (χ1n) is 7.73. The number of hydrogen-bond acceptors (Lipinski definition) is 5. The van der Waals surface area contributed by atoms with E-state index >= 15 is 0 Å². The molecule has 0 saturated carbocycles. The fourth-order valence-corrected chi connectivity index (χ4v) is 2.65. The van der Waals surface area contributed by atoms with E-state index in [1.807, 2.05) is 37.3 Å². The normalized spacial score (nSPS) is 10.5. The molecule has 0 spiro atoms. The summed E-state index contributed by atoms with van der Waals surface area (Å²) in [6, 6.07) is 9.30. The number of hydrogen-bond donors (Lipinski definition) is 3. The number of aromatic nitrogens is 3. The van der Waals surface area contributed by atoms with Crippen molar-refractivity contribution in [2.24, 2.45) is 0 Å². The summed E-state index contributed by atoms with van der Waals surface area (Å²) in [5.41, 5.74) is 2.48. The van der Waals surface area contributed by atoms with Crippen molar-refractivity contribution in [1.29, 1.82) is 0 Å². The van der Waals surface area contributed by atoms with Crippen LogP contribution in [0.3, 0.4) is 0 Å². The van der Waals surface area contributed by atoms with Crippen molar-refractivity contribution >= 4 is 44.5 Å². The van der Waals surface area contributed by atoms with Gasteiger partial charge in [-0.25, -0.2) is 19.7 Å². The van der Waals surface area contributed by atoms with Gasteiger partial charge in [0.05, 0.1) is 5.39 Å². The number of anilines is 2. The number of amides is 2. The summed E-state index contributed by atoms with van der Waals surface area (Å²) in [5, 5.41) is 9.61. The SMILES string of the molecule is Cc1cccc(NC(=O)NCCNc2ncnc3ncc(Br)cc23)c1. The first-order chi connectivity index (χ1) is 12.1. The molecule has 0 radical (unpaired) electrons. The molecule has 1 aromatic carbocycles. The second kappa shape index (κ2) is 7.89. The molecular formula is C17H17BrN6O. The highest BCUT2D eigenvalue weighted by Crippen LogP contribution is 2.20. The number of aryl methyl sites for hydroxylation is 1. The van der Waals surface area contributed by atoms with Crippen LogP contribution in [0.15, 0.2) is 47.3 Å². The summed E-state index contributed by atoms with van der Waals surface area (Å²) < 4.78 is 0.855. The van der Waals surface area contributed by atoms with Gasteiger partial charge >= 0.3 is 6.03 Å². The maximum atomic E-state index is 11.9. The number of nitrogens with zero attached hydrogens (tertiary/aromatic N) is 3. The Balaban J connectivity index is 1.52. The van der Waals surface area contributed by atoms with Crippen LogP contribution < -0.4 is 16.0 Å². The molecule has 0 atom stereocenters. The molecule has 0 fully saturated rings. The summed E-state index contributed by atoms with van der Waals surface area (Å²) >= 11 is 3.39. The van der Waals surface area contributed by atoms with Crippen molar-refractivity contribution in [3.63, 3.8) is 0 Å². The predicted octanol–water partition coefficient (Wildman–Crippen LogP) is 3.33. The zero-order valence-electron chi connectivity index (χ0n) is 13.6. The highest BCUT2D eigenvalue weighted by molar-refractivity contribution is 9.10. The maximum absolute atomic E-state index is 11.9. The lowest BCUT2D eigenvalue weighted by molar-refractivity contribution is 0.252. The van der Waals surface area contributed by atoms with Crippen molar-refractivity contribution in [2.75, 3.05) is 23.7 Å². The Morgan fingerprint density at radius 1 is 1.16 bits per heavy atom. The Labute approximate surface area is 153 Å². The second-order valence-corrected chi connectivity index (χ2v) is 6.34. The molecule has 2 amide bonds. The zero-order chi connectivity index (χ0) is 17.6. The zero-order valence-corrected chi connectivity index (χ0v) is 15.2. The highest BCUT2D eigenvalue weighted by Gasteiger charge is 2.05. The van der Waals surface area contributed by atoms with Crippen molar-refractivity contribution < 1.29 is 4.79 Å². The largest absolute Gasteiger partial charge is 0.368 e. The van der Waals surface area contributed by atoms with Crippen LogP contribution in [-0.4, -0.2) is 34.1 Å². The third kappa shape index (κ3) is 4.63. The number of fused-ring (bicyclic) bond motifs is 1. The molecule has 128 valence electrons. The van der Waals surface area contributed by atoms with E-state index in [1.165, 1.54) is 6.33 Å². The van der Waals surface area contributed by atoms with Crippen LogP contribution in [-0.2, 0) is 0 Å². The van der Waals surface area contributed by atoms with Gasteiger partial charge in [0.15, 0.2) is 5.65 Å². The van der Waals surface area contributed by atoms with E-state index in [2.05, 4.69) is 46.8 Å². The fraction of sp³-hybridized carbons (Fsp3) is 0.176. The molecule has 8 heteroatoms. The molecular weight excluding hydrogens is 384 g/mol. The van der Waals surface area contributed by atoms with E-state index in [-0.39, 0.29) is 6.03 Å². The van der Waals surface area contributed by atoms with Crippen LogP contribution in [0, 0.1) is 6.92 Å². The second-order valence-electron chi connectivity index (χ2n) is 5.42. The summed E-state index contributed by atoms with van der Waals surface area (Å²) in [7, 11) is 0. The molecule has 0 unspecified atom stereocenters. The number of benzene rings is 1. The minimum atomic E-state index is -0.246. The van der Waals surface area contributed by atoms with Crippen molar-refractivity contribution in [1.82, 2.24) is 20.3 Å². The number of rotatable bonds is 5. The van der Waals surface area contributed by atoms with Crippen LogP contribution >= 0.6 is 15.9 Å². The number of urea groups is 1. The maximum Gasteiger partial charge on any atom is 0.319 e. The molecule has 2 aromatic heterocycles. The lowest BCUT2D eigenvalue weighted by Gasteiger charge is -2.10. The summed E-state index contributed by atoms with van der Waals surface area (Å²) in [6.45, 7) is 2.96. The summed E-state index contributed by atoms with van der Waals surface area (Å²) in [4.78, 5) is 24.5. The van der Waals surface area contributed by atoms with Gasteiger partial charge in [-0.2, -0.15) is 0 Å². The molecule has 0 bridgehead atoms. The van der Waals surface area contributed by atoms with Gasteiger partial charge in [0.1, 0.15) is 12.1 Å². The van der Waals surface area contributed by atoms with Crippen LogP contribution in [0.5, 0.6) is 0 Å². The standard InChI is InChI=1S/C17H17BrN6O/c1-11-3-2-4-13(7-11)24-17(25)20-6-5-19-15-14-8-12(18)9-21-16(14)23-10-22-15/h2-4,7-10H,5-6H2,1H3,(H2,20,24,25)(H,19,21,22,23). The third-order valence-corrected chi connectivity index (χ3v) is 3.87. The summed E-state index contributed by atoms with van der Waals surface area (Å²) in [5.74, 6) is 0.680. The van der Waals surface area contributed by atoms with E-state index < -0.39 is 0 Å². The average molecular weight is 401 g/mol. The molecule has 0 aliphatic heterocycles. The minimum Gasteiger partial charge on any atom is -0.368 e.